The van der Waals surface area contributed by atoms with Crippen molar-refractivity contribution < 1.29 is 4.74 Å². The van der Waals surface area contributed by atoms with Gasteiger partial charge in [0.15, 0.2) is 0 Å². The van der Waals surface area contributed by atoms with Crippen molar-refractivity contribution in [2.45, 2.75) is 19.8 Å². The second-order valence-corrected chi connectivity index (χ2v) is 8.96. The molecular weight excluding hydrogens is 430 g/mol. The van der Waals surface area contributed by atoms with Crippen LogP contribution in [-0.4, -0.2) is 21.1 Å². The average Bonchev–Trinajstić information content (AvgIpc) is 3.41. The molecule has 0 fully saturated rings. The highest BCUT2D eigenvalue weighted by Crippen LogP contribution is 2.37. The zero-order valence-electron chi connectivity index (χ0n) is 20.1. The predicted molar refractivity (Wildman–Crippen MR) is 143 cm³/mol. The summed E-state index contributed by atoms with van der Waals surface area (Å²) in [6.45, 7) is 9.11. The van der Waals surface area contributed by atoms with Crippen LogP contribution in [0.5, 0.6) is 0 Å². The Labute approximate surface area is 206 Å². The number of aromatic nitrogens is 3. The number of hydrogen-bond acceptors (Lipinski definition) is 3. The normalized spacial score (nSPS) is 12.9. The molecule has 0 spiro atoms. The van der Waals surface area contributed by atoms with Crippen LogP contribution in [0.2, 0.25) is 0 Å². The Balaban J connectivity index is 1.50. The summed E-state index contributed by atoms with van der Waals surface area (Å²) < 4.78 is 8.22. The van der Waals surface area contributed by atoms with Crippen LogP contribution in [0.1, 0.15) is 31.0 Å². The lowest BCUT2D eigenvalue weighted by atomic mass is 9.84. The molecule has 35 heavy (non-hydrogen) atoms. The number of imidazole rings is 1. The highest BCUT2D eigenvalue weighted by Gasteiger charge is 2.22. The molecule has 1 unspecified atom stereocenters. The molecule has 3 aromatic carbocycles. The van der Waals surface area contributed by atoms with E-state index in [1.165, 1.54) is 16.3 Å². The van der Waals surface area contributed by atoms with E-state index in [2.05, 4.69) is 90.6 Å². The van der Waals surface area contributed by atoms with Gasteiger partial charge in [0.25, 0.3) is 0 Å². The largest absolute Gasteiger partial charge is 0.492 e. The number of ether oxygens (including phenoxy) is 1. The molecule has 0 aliphatic rings. The van der Waals surface area contributed by atoms with E-state index in [0.717, 1.165) is 22.8 Å². The van der Waals surface area contributed by atoms with Gasteiger partial charge in [0.1, 0.15) is 17.3 Å². The first kappa shape index (κ1) is 22.6. The van der Waals surface area contributed by atoms with E-state index >= 15 is 0 Å². The monoisotopic (exact) mass is 459 g/mol. The van der Waals surface area contributed by atoms with Crippen LogP contribution in [0, 0.1) is 5.92 Å². The fourth-order valence-electron chi connectivity index (χ4n) is 4.41. The van der Waals surface area contributed by atoms with Crippen molar-refractivity contribution in [3.8, 4) is 17.1 Å². The molecule has 174 valence electrons. The average molecular weight is 460 g/mol. The molecule has 0 N–H and O–H groups in total. The Morgan fingerprint density at radius 3 is 2.31 bits per heavy atom. The maximum atomic E-state index is 6.07. The molecule has 4 nitrogen and oxygen atoms in total. The van der Waals surface area contributed by atoms with Crippen molar-refractivity contribution >= 4 is 16.5 Å². The summed E-state index contributed by atoms with van der Waals surface area (Å²) in [5.74, 6) is 2.01. The molecule has 0 aliphatic carbocycles. The van der Waals surface area contributed by atoms with Gasteiger partial charge in [-0.1, -0.05) is 75.0 Å². The van der Waals surface area contributed by atoms with Gasteiger partial charge in [0.05, 0.1) is 6.61 Å². The van der Waals surface area contributed by atoms with Gasteiger partial charge >= 0.3 is 0 Å². The minimum absolute atomic E-state index is 0.229. The fraction of sp³-hybridized carbons (Fsp3) is 0.161. The first-order valence-corrected chi connectivity index (χ1v) is 12.0. The maximum absolute atomic E-state index is 6.07. The topological polar surface area (TPSA) is 39.9 Å². The van der Waals surface area contributed by atoms with Crippen LogP contribution in [0.25, 0.3) is 33.6 Å². The first-order valence-electron chi connectivity index (χ1n) is 12.0. The van der Waals surface area contributed by atoms with Crippen molar-refractivity contribution in [2.75, 3.05) is 6.61 Å². The zero-order valence-corrected chi connectivity index (χ0v) is 20.1. The molecule has 5 aromatic rings. The van der Waals surface area contributed by atoms with Crippen LogP contribution in [-0.2, 0) is 4.74 Å². The van der Waals surface area contributed by atoms with Crippen molar-refractivity contribution in [3.63, 3.8) is 0 Å². The Bertz CT molecular complexity index is 1440. The molecule has 0 saturated carbocycles. The van der Waals surface area contributed by atoms with E-state index < -0.39 is 0 Å². The standard InChI is InChI=1S/C31H29N3O/c1-22(21-35-24(3)30-15-9-10-16-32-30)23(2)28-19-25-11-7-8-12-26(25)20-29(28)31-33-17-18-34(31)27-13-5-4-6-14-27/h4-20,22-23H,3,21H2,1-2H3/t22-,23?/m1/s1. The summed E-state index contributed by atoms with van der Waals surface area (Å²) in [5, 5.41) is 2.43. The molecule has 0 radical (unpaired) electrons. The van der Waals surface area contributed by atoms with Crippen LogP contribution < -0.4 is 0 Å². The van der Waals surface area contributed by atoms with Crippen molar-refractivity contribution in [1.29, 1.82) is 0 Å². The zero-order chi connectivity index (χ0) is 24.2. The number of hydrogen-bond donors (Lipinski definition) is 0. The van der Waals surface area contributed by atoms with Gasteiger partial charge in [0.2, 0.25) is 0 Å². The summed E-state index contributed by atoms with van der Waals surface area (Å²) in [6.07, 6.45) is 5.65. The highest BCUT2D eigenvalue weighted by molar-refractivity contribution is 5.88. The van der Waals surface area contributed by atoms with Gasteiger partial charge in [-0.05, 0) is 58.5 Å². The Kier molecular flexibility index (Phi) is 6.44. The molecule has 4 heteroatoms. The number of benzene rings is 3. The van der Waals surface area contributed by atoms with Crippen molar-refractivity contribution in [2.24, 2.45) is 5.92 Å². The number of rotatable bonds is 8. The summed E-state index contributed by atoms with van der Waals surface area (Å²) in [5.41, 5.74) is 4.26. The van der Waals surface area contributed by atoms with Gasteiger partial charge in [-0.25, -0.2) is 4.98 Å². The number of fused-ring (bicyclic) bond motifs is 1. The van der Waals surface area contributed by atoms with E-state index in [4.69, 9.17) is 9.72 Å². The Hall–Kier alpha value is -4.18. The molecular formula is C31H29N3O. The van der Waals surface area contributed by atoms with Crippen LogP contribution >= 0.6 is 0 Å². The molecule has 2 atom stereocenters. The van der Waals surface area contributed by atoms with E-state index in [1.54, 1.807) is 6.20 Å². The van der Waals surface area contributed by atoms with E-state index in [-0.39, 0.29) is 11.8 Å². The summed E-state index contributed by atoms with van der Waals surface area (Å²) in [4.78, 5) is 9.14. The van der Waals surface area contributed by atoms with Crippen LogP contribution in [0.4, 0.5) is 0 Å². The van der Waals surface area contributed by atoms with E-state index in [1.807, 2.05) is 36.7 Å². The third kappa shape index (κ3) is 4.73. The van der Waals surface area contributed by atoms with E-state index in [0.29, 0.717) is 12.4 Å². The lowest BCUT2D eigenvalue weighted by Gasteiger charge is -2.24. The quantitative estimate of drug-likeness (QED) is 0.225. The van der Waals surface area contributed by atoms with Crippen LogP contribution in [0.3, 0.4) is 0 Å². The van der Waals surface area contributed by atoms with E-state index in [9.17, 15) is 0 Å². The Morgan fingerprint density at radius 1 is 0.857 bits per heavy atom. The number of pyridine rings is 1. The number of para-hydroxylation sites is 1. The summed E-state index contributed by atoms with van der Waals surface area (Å²) in [7, 11) is 0. The second kappa shape index (κ2) is 9.98. The first-order chi connectivity index (χ1) is 17.1. The molecule has 0 amide bonds. The molecule has 2 aromatic heterocycles. The molecule has 0 saturated heterocycles. The lowest BCUT2D eigenvalue weighted by molar-refractivity contribution is 0.210. The van der Waals surface area contributed by atoms with Crippen molar-refractivity contribution in [1.82, 2.24) is 14.5 Å². The minimum atomic E-state index is 0.229. The van der Waals surface area contributed by atoms with Crippen LogP contribution in [0.15, 0.2) is 110 Å². The Morgan fingerprint density at radius 2 is 1.57 bits per heavy atom. The summed E-state index contributed by atoms with van der Waals surface area (Å²) in [6, 6.07) is 29.2. The predicted octanol–water partition coefficient (Wildman–Crippen LogP) is 7.51. The molecule has 2 heterocycles. The molecule has 0 bridgehead atoms. The smallest absolute Gasteiger partial charge is 0.144 e. The van der Waals surface area contributed by atoms with Gasteiger partial charge < -0.3 is 4.74 Å². The van der Waals surface area contributed by atoms with Crippen molar-refractivity contribution in [3.05, 3.63) is 121 Å². The van der Waals surface area contributed by atoms with Gasteiger partial charge in [-0.2, -0.15) is 0 Å². The third-order valence-electron chi connectivity index (χ3n) is 6.65. The second-order valence-electron chi connectivity index (χ2n) is 8.96. The van der Waals surface area contributed by atoms with Gasteiger partial charge in [-0.15, -0.1) is 0 Å². The highest BCUT2D eigenvalue weighted by atomic mass is 16.5. The fourth-order valence-corrected chi connectivity index (χ4v) is 4.41. The summed E-state index contributed by atoms with van der Waals surface area (Å²) >= 11 is 0. The minimum Gasteiger partial charge on any atom is -0.492 e. The SMILES string of the molecule is C=C(OC[C@@H](C)C(C)c1cc2ccccc2cc1-c1nccn1-c1ccccc1)c1ccccn1. The number of nitrogens with zero attached hydrogens (tertiary/aromatic N) is 3. The maximum Gasteiger partial charge on any atom is 0.144 e. The lowest BCUT2D eigenvalue weighted by Crippen LogP contribution is -2.14. The molecule has 0 aliphatic heterocycles. The van der Waals surface area contributed by atoms with Gasteiger partial charge in [-0.3, -0.25) is 9.55 Å². The van der Waals surface area contributed by atoms with Gasteiger partial charge in [0, 0.05) is 29.8 Å². The molecule has 5 rings (SSSR count). The third-order valence-corrected chi connectivity index (χ3v) is 6.65.